The molecule has 0 amide bonds. The first-order chi connectivity index (χ1) is 17.1. The summed E-state index contributed by atoms with van der Waals surface area (Å²) in [6, 6.07) is 8.43. The maximum absolute atomic E-state index is 11.5. The second kappa shape index (κ2) is 15.3. The van der Waals surface area contributed by atoms with Crippen molar-refractivity contribution in [1.29, 1.82) is 0 Å². The van der Waals surface area contributed by atoms with E-state index in [2.05, 4.69) is 25.6 Å². The molecule has 3 rings (SSSR count). The van der Waals surface area contributed by atoms with Gasteiger partial charge in [-0.25, -0.2) is 4.79 Å². The third-order valence-corrected chi connectivity index (χ3v) is 8.43. The van der Waals surface area contributed by atoms with Crippen LogP contribution in [0.3, 0.4) is 0 Å². The molecule has 4 nitrogen and oxygen atoms in total. The summed E-state index contributed by atoms with van der Waals surface area (Å²) in [7, 11) is 0. The minimum absolute atomic E-state index is 0.0596. The summed E-state index contributed by atoms with van der Waals surface area (Å²) in [5.74, 6) is 3.84. The van der Waals surface area contributed by atoms with Crippen molar-refractivity contribution in [2.75, 3.05) is 19.8 Å². The molecule has 0 heterocycles. The molecule has 2 fully saturated rings. The fourth-order valence-electron chi connectivity index (χ4n) is 6.04. The van der Waals surface area contributed by atoms with Crippen LogP contribution in [0, 0.1) is 17.8 Å². The quantitative estimate of drug-likeness (QED) is 0.168. The van der Waals surface area contributed by atoms with Crippen LogP contribution in [0.2, 0.25) is 0 Å². The number of esters is 1. The Balaban J connectivity index is 1.28. The summed E-state index contributed by atoms with van der Waals surface area (Å²) >= 11 is 0. The van der Waals surface area contributed by atoms with Gasteiger partial charge in [0.25, 0.3) is 0 Å². The molecule has 4 heteroatoms. The van der Waals surface area contributed by atoms with E-state index in [1.165, 1.54) is 95.5 Å². The van der Waals surface area contributed by atoms with Gasteiger partial charge in [-0.1, -0.05) is 89.8 Å². The van der Waals surface area contributed by atoms with Crippen molar-refractivity contribution in [1.82, 2.24) is 0 Å². The first-order valence-corrected chi connectivity index (χ1v) is 14.3. The van der Waals surface area contributed by atoms with Gasteiger partial charge in [0.15, 0.2) is 0 Å². The normalized spacial score (nSPS) is 24.6. The van der Waals surface area contributed by atoms with Crippen molar-refractivity contribution in [3.05, 3.63) is 42.0 Å². The van der Waals surface area contributed by atoms with E-state index in [4.69, 9.17) is 14.6 Å². The lowest BCUT2D eigenvalue weighted by atomic mass is 9.74. The standard InChI is InChI=1S/C31H48O4/c1-3-4-5-6-25-7-9-26(10-8-25)11-12-27-13-15-28(16-14-27)29-17-19-30(20-18-29)34-21-22-35-31(33)24(2)23-32/h17-20,25-28,32H,2-16,21-23H2,1H3. The van der Waals surface area contributed by atoms with Gasteiger partial charge in [-0.2, -0.15) is 0 Å². The number of unbranched alkanes of at least 4 members (excludes halogenated alkanes) is 2. The molecule has 2 saturated carbocycles. The summed E-state index contributed by atoms with van der Waals surface area (Å²) in [4.78, 5) is 11.5. The van der Waals surface area contributed by atoms with E-state index in [1.807, 2.05) is 12.1 Å². The van der Waals surface area contributed by atoms with Crippen LogP contribution < -0.4 is 4.74 Å². The molecule has 1 aromatic carbocycles. The van der Waals surface area contributed by atoms with Gasteiger partial charge in [-0.15, -0.1) is 0 Å². The Morgan fingerprint density at radius 2 is 1.43 bits per heavy atom. The van der Waals surface area contributed by atoms with Gasteiger partial charge >= 0.3 is 5.97 Å². The zero-order chi connectivity index (χ0) is 24.9. The number of benzene rings is 1. The Morgan fingerprint density at radius 1 is 0.857 bits per heavy atom. The smallest absolute Gasteiger partial charge is 0.335 e. The topological polar surface area (TPSA) is 55.8 Å². The fourth-order valence-corrected chi connectivity index (χ4v) is 6.04. The van der Waals surface area contributed by atoms with Crippen LogP contribution in [-0.2, 0) is 9.53 Å². The maximum Gasteiger partial charge on any atom is 0.335 e. The predicted octanol–water partition coefficient (Wildman–Crippen LogP) is 7.60. The first kappa shape index (κ1) is 27.8. The summed E-state index contributed by atoms with van der Waals surface area (Å²) in [6.07, 6.45) is 19.9. The van der Waals surface area contributed by atoms with Crippen LogP contribution in [-0.4, -0.2) is 30.9 Å². The van der Waals surface area contributed by atoms with Crippen LogP contribution in [0.15, 0.2) is 36.4 Å². The van der Waals surface area contributed by atoms with Crippen molar-refractivity contribution in [3.8, 4) is 5.75 Å². The van der Waals surface area contributed by atoms with Crippen molar-refractivity contribution in [2.24, 2.45) is 17.8 Å². The summed E-state index contributed by atoms with van der Waals surface area (Å²) in [5, 5.41) is 8.87. The molecule has 0 bridgehead atoms. The molecule has 0 aromatic heterocycles. The molecule has 0 atom stereocenters. The van der Waals surface area contributed by atoms with E-state index in [1.54, 1.807) is 0 Å². The predicted molar refractivity (Wildman–Crippen MR) is 143 cm³/mol. The first-order valence-electron chi connectivity index (χ1n) is 14.3. The van der Waals surface area contributed by atoms with Crippen molar-refractivity contribution >= 4 is 5.97 Å². The van der Waals surface area contributed by atoms with E-state index in [9.17, 15) is 4.79 Å². The number of ether oxygens (including phenoxy) is 2. The second-order valence-corrected chi connectivity index (χ2v) is 11.0. The third-order valence-electron chi connectivity index (χ3n) is 8.43. The minimum Gasteiger partial charge on any atom is -0.490 e. The van der Waals surface area contributed by atoms with Crippen LogP contribution >= 0.6 is 0 Å². The van der Waals surface area contributed by atoms with Gasteiger partial charge in [0, 0.05) is 0 Å². The lowest BCUT2D eigenvalue weighted by Crippen LogP contribution is -2.18. The lowest BCUT2D eigenvalue weighted by Gasteiger charge is -2.32. The molecule has 0 unspecified atom stereocenters. The number of aliphatic hydroxyl groups is 1. The van der Waals surface area contributed by atoms with E-state index >= 15 is 0 Å². The zero-order valence-corrected chi connectivity index (χ0v) is 22.0. The number of rotatable bonds is 14. The zero-order valence-electron chi connectivity index (χ0n) is 22.0. The largest absolute Gasteiger partial charge is 0.490 e. The third kappa shape index (κ3) is 9.63. The molecule has 0 spiro atoms. The highest BCUT2D eigenvalue weighted by molar-refractivity contribution is 5.87. The Morgan fingerprint density at radius 3 is 2.00 bits per heavy atom. The molecule has 0 aliphatic heterocycles. The van der Waals surface area contributed by atoms with Crippen LogP contribution in [0.5, 0.6) is 5.75 Å². The SMILES string of the molecule is C=C(CO)C(=O)OCCOc1ccc(C2CCC(CCC3CCC(CCCCC)CC3)CC2)cc1. The molecule has 196 valence electrons. The molecular formula is C31H48O4. The highest BCUT2D eigenvalue weighted by Crippen LogP contribution is 2.40. The van der Waals surface area contributed by atoms with E-state index in [0.717, 1.165) is 23.5 Å². The van der Waals surface area contributed by atoms with Crippen molar-refractivity contribution < 1.29 is 19.4 Å². The summed E-state index contributed by atoms with van der Waals surface area (Å²) in [6.45, 7) is 5.80. The number of carbonyl (C=O) groups is 1. The number of hydrogen-bond donors (Lipinski definition) is 1. The van der Waals surface area contributed by atoms with Crippen LogP contribution in [0.1, 0.15) is 108 Å². The lowest BCUT2D eigenvalue weighted by molar-refractivity contribution is -0.140. The Kier molecular flexibility index (Phi) is 12.2. The van der Waals surface area contributed by atoms with E-state index in [0.29, 0.717) is 5.92 Å². The summed E-state index contributed by atoms with van der Waals surface area (Å²) < 4.78 is 10.7. The number of carbonyl (C=O) groups excluding carboxylic acids is 1. The van der Waals surface area contributed by atoms with Crippen LogP contribution in [0.4, 0.5) is 0 Å². The molecule has 2 aliphatic rings. The fraction of sp³-hybridized carbons (Fsp3) is 0.710. The van der Waals surface area contributed by atoms with Gasteiger partial charge in [0.1, 0.15) is 19.0 Å². The van der Waals surface area contributed by atoms with E-state index < -0.39 is 5.97 Å². The van der Waals surface area contributed by atoms with Gasteiger partial charge < -0.3 is 14.6 Å². The summed E-state index contributed by atoms with van der Waals surface area (Å²) in [5.41, 5.74) is 1.48. The van der Waals surface area contributed by atoms with Crippen molar-refractivity contribution in [2.45, 2.75) is 103 Å². The second-order valence-electron chi connectivity index (χ2n) is 11.0. The average molecular weight is 485 g/mol. The Labute approximate surface area is 213 Å². The molecule has 1 N–H and O–H groups in total. The highest BCUT2D eigenvalue weighted by atomic mass is 16.6. The molecule has 2 aliphatic carbocycles. The minimum atomic E-state index is -0.577. The van der Waals surface area contributed by atoms with E-state index in [-0.39, 0.29) is 25.4 Å². The Hall–Kier alpha value is -1.81. The molecular weight excluding hydrogens is 436 g/mol. The molecule has 1 aromatic rings. The molecule has 0 radical (unpaired) electrons. The van der Waals surface area contributed by atoms with Crippen molar-refractivity contribution in [3.63, 3.8) is 0 Å². The number of aliphatic hydroxyl groups excluding tert-OH is 1. The number of hydrogen-bond acceptors (Lipinski definition) is 4. The monoisotopic (exact) mass is 484 g/mol. The Bertz CT molecular complexity index is 740. The maximum atomic E-state index is 11.5. The van der Waals surface area contributed by atoms with Gasteiger partial charge in [0.2, 0.25) is 0 Å². The van der Waals surface area contributed by atoms with Gasteiger partial charge in [-0.3, -0.25) is 0 Å². The average Bonchev–Trinajstić information content (AvgIpc) is 2.91. The highest BCUT2D eigenvalue weighted by Gasteiger charge is 2.25. The molecule has 35 heavy (non-hydrogen) atoms. The van der Waals surface area contributed by atoms with Gasteiger partial charge in [0.05, 0.1) is 12.2 Å². The van der Waals surface area contributed by atoms with Gasteiger partial charge in [-0.05, 0) is 67.1 Å². The van der Waals surface area contributed by atoms with Crippen LogP contribution in [0.25, 0.3) is 0 Å². The molecule has 0 saturated heterocycles.